The molecule has 28 heavy (non-hydrogen) atoms. The summed E-state index contributed by atoms with van der Waals surface area (Å²) < 4.78 is 32.0. The number of hydrogen-bond acceptors (Lipinski definition) is 4. The van der Waals surface area contributed by atoms with Crippen molar-refractivity contribution in [2.75, 3.05) is 26.7 Å². The molecular formula is C20H24F2N2O4. The summed E-state index contributed by atoms with van der Waals surface area (Å²) in [5.74, 6) is -2.60. The molecule has 0 radical (unpaired) electrons. The van der Waals surface area contributed by atoms with Gasteiger partial charge in [-0.1, -0.05) is 12.1 Å². The topological polar surface area (TPSA) is 66.9 Å². The lowest BCUT2D eigenvalue weighted by Gasteiger charge is -2.39. The average Bonchev–Trinajstić information content (AvgIpc) is 3.12. The SMILES string of the molecule is COC(=O)CCC(=O)N1CCC2(CCCN(Cc3cccc(F)c3F)C2=O)C1. The Hall–Kier alpha value is -2.51. The van der Waals surface area contributed by atoms with E-state index >= 15 is 0 Å². The van der Waals surface area contributed by atoms with Gasteiger partial charge in [-0.05, 0) is 25.3 Å². The Bertz CT molecular complexity index is 785. The van der Waals surface area contributed by atoms with Crippen LogP contribution < -0.4 is 0 Å². The lowest BCUT2D eigenvalue weighted by atomic mass is 9.78. The number of hydrogen-bond donors (Lipinski definition) is 0. The number of halogens is 2. The largest absolute Gasteiger partial charge is 0.469 e. The van der Waals surface area contributed by atoms with Crippen molar-refractivity contribution in [3.8, 4) is 0 Å². The summed E-state index contributed by atoms with van der Waals surface area (Å²) in [6.07, 6.45) is 2.01. The van der Waals surface area contributed by atoms with Crippen molar-refractivity contribution in [2.24, 2.45) is 5.41 Å². The van der Waals surface area contributed by atoms with Gasteiger partial charge in [-0.2, -0.15) is 0 Å². The summed E-state index contributed by atoms with van der Waals surface area (Å²) in [7, 11) is 1.27. The first-order chi connectivity index (χ1) is 13.4. The maximum Gasteiger partial charge on any atom is 0.306 e. The summed E-state index contributed by atoms with van der Waals surface area (Å²) in [5, 5.41) is 0. The third-order valence-electron chi connectivity index (χ3n) is 5.69. The van der Waals surface area contributed by atoms with Crippen LogP contribution in [0.3, 0.4) is 0 Å². The molecule has 1 atom stereocenters. The fraction of sp³-hybridized carbons (Fsp3) is 0.550. The highest BCUT2D eigenvalue weighted by Crippen LogP contribution is 2.40. The van der Waals surface area contributed by atoms with Crippen LogP contribution in [0.15, 0.2) is 18.2 Å². The molecule has 0 bridgehead atoms. The predicted octanol–water partition coefficient (Wildman–Crippen LogP) is 2.26. The molecule has 1 unspecified atom stereocenters. The van der Waals surface area contributed by atoms with Crippen LogP contribution >= 0.6 is 0 Å². The molecule has 1 aromatic rings. The van der Waals surface area contributed by atoms with Crippen LogP contribution in [0.25, 0.3) is 0 Å². The van der Waals surface area contributed by atoms with Crippen LogP contribution in [0, 0.1) is 17.0 Å². The minimum absolute atomic E-state index is 0.0117. The van der Waals surface area contributed by atoms with Crippen LogP contribution in [-0.4, -0.2) is 54.3 Å². The molecule has 2 amide bonds. The average molecular weight is 394 g/mol. The zero-order valence-corrected chi connectivity index (χ0v) is 15.9. The molecule has 2 heterocycles. The minimum Gasteiger partial charge on any atom is -0.469 e. The second-order valence-corrected chi connectivity index (χ2v) is 7.46. The molecule has 0 saturated carbocycles. The van der Waals surface area contributed by atoms with Crippen molar-refractivity contribution in [1.82, 2.24) is 9.80 Å². The maximum absolute atomic E-state index is 14.0. The maximum atomic E-state index is 14.0. The minimum atomic E-state index is -0.931. The van der Waals surface area contributed by atoms with Crippen LogP contribution in [0.5, 0.6) is 0 Å². The molecule has 3 rings (SSSR count). The Morgan fingerprint density at radius 1 is 1.18 bits per heavy atom. The Morgan fingerprint density at radius 2 is 1.96 bits per heavy atom. The molecule has 2 fully saturated rings. The number of rotatable bonds is 5. The number of carbonyl (C=O) groups is 3. The first-order valence-electron chi connectivity index (χ1n) is 9.43. The number of piperidine rings is 1. The van der Waals surface area contributed by atoms with Crippen LogP contribution in [0.2, 0.25) is 0 Å². The van der Waals surface area contributed by atoms with Gasteiger partial charge in [0.15, 0.2) is 11.6 Å². The molecule has 2 aliphatic rings. The molecule has 0 aromatic heterocycles. The smallest absolute Gasteiger partial charge is 0.306 e. The van der Waals surface area contributed by atoms with Gasteiger partial charge in [0.2, 0.25) is 11.8 Å². The predicted molar refractivity (Wildman–Crippen MR) is 95.9 cm³/mol. The van der Waals surface area contributed by atoms with Crippen LogP contribution in [0.4, 0.5) is 8.78 Å². The Balaban J connectivity index is 1.66. The number of amides is 2. The van der Waals surface area contributed by atoms with Gasteiger partial charge in [-0.15, -0.1) is 0 Å². The van der Waals surface area contributed by atoms with E-state index in [4.69, 9.17) is 0 Å². The summed E-state index contributed by atoms with van der Waals surface area (Å²) in [4.78, 5) is 39.9. The number of methoxy groups -OCH3 is 1. The highest BCUT2D eigenvalue weighted by molar-refractivity contribution is 5.87. The number of benzene rings is 1. The summed E-state index contributed by atoms with van der Waals surface area (Å²) in [5.41, 5.74) is -0.530. The number of ether oxygens (including phenoxy) is 1. The normalized spacial score (nSPS) is 22.0. The van der Waals surface area contributed by atoms with Crippen molar-refractivity contribution in [3.63, 3.8) is 0 Å². The van der Waals surface area contributed by atoms with E-state index in [0.717, 1.165) is 12.5 Å². The van der Waals surface area contributed by atoms with Gasteiger partial charge in [0, 0.05) is 38.2 Å². The molecule has 1 spiro atoms. The highest BCUT2D eigenvalue weighted by atomic mass is 19.2. The van der Waals surface area contributed by atoms with Crippen molar-refractivity contribution >= 4 is 17.8 Å². The molecule has 8 heteroatoms. The third-order valence-corrected chi connectivity index (χ3v) is 5.69. The van der Waals surface area contributed by atoms with E-state index in [1.807, 2.05) is 0 Å². The monoisotopic (exact) mass is 394 g/mol. The molecule has 6 nitrogen and oxygen atoms in total. The highest BCUT2D eigenvalue weighted by Gasteiger charge is 2.49. The Morgan fingerprint density at radius 3 is 2.71 bits per heavy atom. The van der Waals surface area contributed by atoms with E-state index < -0.39 is 23.0 Å². The van der Waals surface area contributed by atoms with Gasteiger partial charge >= 0.3 is 5.97 Å². The molecule has 0 N–H and O–H groups in total. The molecular weight excluding hydrogens is 370 g/mol. The van der Waals surface area contributed by atoms with E-state index in [1.165, 1.54) is 19.2 Å². The first-order valence-corrected chi connectivity index (χ1v) is 9.43. The summed E-state index contributed by atoms with van der Waals surface area (Å²) in [6, 6.07) is 3.95. The molecule has 152 valence electrons. The van der Waals surface area contributed by atoms with E-state index in [9.17, 15) is 23.2 Å². The van der Waals surface area contributed by atoms with Gasteiger partial charge < -0.3 is 14.5 Å². The number of nitrogens with zero attached hydrogens (tertiary/aromatic N) is 2. The first kappa shape index (κ1) is 20.2. The second-order valence-electron chi connectivity index (χ2n) is 7.46. The molecule has 0 aliphatic carbocycles. The molecule has 2 aliphatic heterocycles. The lowest BCUT2D eigenvalue weighted by Crippen LogP contribution is -2.50. The number of carbonyl (C=O) groups excluding carboxylic acids is 3. The second kappa shape index (κ2) is 8.24. The Labute approximate surface area is 162 Å². The Kier molecular flexibility index (Phi) is 5.96. The van der Waals surface area contributed by atoms with E-state index in [1.54, 1.807) is 9.80 Å². The standard InChI is InChI=1S/C20H24F2N2O4/c1-28-17(26)7-6-16(25)24-11-9-20(13-24)8-3-10-23(19(20)27)12-14-4-2-5-15(21)18(14)22/h2,4-5H,3,6-13H2,1H3. The molecule has 2 saturated heterocycles. The van der Waals surface area contributed by atoms with Crippen molar-refractivity contribution < 1.29 is 27.9 Å². The van der Waals surface area contributed by atoms with E-state index in [0.29, 0.717) is 32.5 Å². The van der Waals surface area contributed by atoms with E-state index in [-0.39, 0.29) is 36.8 Å². The zero-order chi connectivity index (χ0) is 20.3. The van der Waals surface area contributed by atoms with Crippen LogP contribution in [-0.2, 0) is 25.7 Å². The van der Waals surface area contributed by atoms with Gasteiger partial charge in [0.1, 0.15) is 0 Å². The quantitative estimate of drug-likeness (QED) is 0.719. The van der Waals surface area contributed by atoms with Gasteiger partial charge in [0.25, 0.3) is 0 Å². The van der Waals surface area contributed by atoms with Gasteiger partial charge in [-0.3, -0.25) is 14.4 Å². The zero-order valence-electron chi connectivity index (χ0n) is 15.9. The fourth-order valence-electron chi connectivity index (χ4n) is 4.11. The van der Waals surface area contributed by atoms with Crippen molar-refractivity contribution in [2.45, 2.75) is 38.6 Å². The summed E-state index contributed by atoms with van der Waals surface area (Å²) >= 11 is 0. The molecule has 1 aromatic carbocycles. The number of esters is 1. The van der Waals surface area contributed by atoms with Gasteiger partial charge in [-0.25, -0.2) is 8.78 Å². The fourth-order valence-corrected chi connectivity index (χ4v) is 4.11. The third kappa shape index (κ3) is 4.00. The van der Waals surface area contributed by atoms with Crippen molar-refractivity contribution in [1.29, 1.82) is 0 Å². The summed E-state index contributed by atoms with van der Waals surface area (Å²) in [6.45, 7) is 1.25. The lowest BCUT2D eigenvalue weighted by molar-refractivity contribution is -0.147. The van der Waals surface area contributed by atoms with Gasteiger partial charge in [0.05, 0.1) is 18.9 Å². The number of likely N-dealkylation sites (tertiary alicyclic amines) is 2. The van der Waals surface area contributed by atoms with E-state index in [2.05, 4.69) is 4.74 Å². The van der Waals surface area contributed by atoms with Crippen molar-refractivity contribution in [3.05, 3.63) is 35.4 Å². The van der Waals surface area contributed by atoms with Crippen LogP contribution in [0.1, 0.15) is 37.7 Å².